The fourth-order valence-corrected chi connectivity index (χ4v) is 1.35. The quantitative estimate of drug-likeness (QED) is 0.719. The van der Waals surface area contributed by atoms with Crippen LogP contribution in [-0.2, 0) is 16.1 Å². The van der Waals surface area contributed by atoms with Crippen LogP contribution in [0.15, 0.2) is 24.3 Å². The molecule has 0 atom stereocenters. The van der Waals surface area contributed by atoms with E-state index in [9.17, 15) is 9.59 Å². The Morgan fingerprint density at radius 2 is 1.81 bits per heavy atom. The number of hydrogen-bond acceptors (Lipinski definition) is 3. The zero-order valence-electron chi connectivity index (χ0n) is 9.69. The number of ether oxygens (including phenoxy) is 1. The average molecular weight is 221 g/mol. The standard InChI is InChI=1S/C12H15NO3/c1-9(14)12(15)13(2)8-10-4-6-11(16-3)7-5-10/h4-7H,8H2,1-3H3. The SMILES string of the molecule is COc1ccc(CN(C)C(=O)C(C)=O)cc1. The van der Waals surface area contributed by atoms with Crippen LogP contribution in [0.5, 0.6) is 5.75 Å². The highest BCUT2D eigenvalue weighted by atomic mass is 16.5. The lowest BCUT2D eigenvalue weighted by Crippen LogP contribution is -2.31. The highest BCUT2D eigenvalue weighted by Crippen LogP contribution is 2.12. The smallest absolute Gasteiger partial charge is 0.289 e. The summed E-state index contributed by atoms with van der Waals surface area (Å²) in [6, 6.07) is 7.37. The van der Waals surface area contributed by atoms with Gasteiger partial charge in [0, 0.05) is 20.5 Å². The predicted molar refractivity (Wildman–Crippen MR) is 60.1 cm³/mol. The van der Waals surface area contributed by atoms with Crippen molar-refractivity contribution in [2.24, 2.45) is 0 Å². The van der Waals surface area contributed by atoms with E-state index in [4.69, 9.17) is 4.74 Å². The number of ketones is 1. The summed E-state index contributed by atoms with van der Waals surface area (Å²) in [6.45, 7) is 1.69. The van der Waals surface area contributed by atoms with Crippen LogP contribution in [0.1, 0.15) is 12.5 Å². The van der Waals surface area contributed by atoms with Crippen molar-refractivity contribution in [3.63, 3.8) is 0 Å². The third kappa shape index (κ3) is 3.08. The Labute approximate surface area is 94.8 Å². The second-order valence-electron chi connectivity index (χ2n) is 3.57. The molecule has 0 radical (unpaired) electrons. The summed E-state index contributed by atoms with van der Waals surface area (Å²) >= 11 is 0. The van der Waals surface area contributed by atoms with Crippen molar-refractivity contribution in [1.29, 1.82) is 0 Å². The second-order valence-corrected chi connectivity index (χ2v) is 3.57. The third-order valence-corrected chi connectivity index (χ3v) is 2.23. The zero-order chi connectivity index (χ0) is 12.1. The minimum atomic E-state index is -0.476. The van der Waals surface area contributed by atoms with Crippen LogP contribution in [0, 0.1) is 0 Å². The monoisotopic (exact) mass is 221 g/mol. The number of Topliss-reactive ketones (excluding diaryl/α,β-unsaturated/α-hetero) is 1. The van der Waals surface area contributed by atoms with Crippen molar-refractivity contribution in [3.8, 4) is 5.75 Å². The highest BCUT2D eigenvalue weighted by Gasteiger charge is 2.13. The molecule has 0 N–H and O–H groups in total. The first-order chi connectivity index (χ1) is 7.54. The number of methoxy groups -OCH3 is 1. The number of carbonyl (C=O) groups excluding carboxylic acids is 2. The van der Waals surface area contributed by atoms with Gasteiger partial charge in [-0.2, -0.15) is 0 Å². The van der Waals surface area contributed by atoms with Gasteiger partial charge in [0.15, 0.2) is 0 Å². The molecule has 0 bridgehead atoms. The molecule has 4 heteroatoms. The second kappa shape index (κ2) is 5.30. The molecule has 0 unspecified atom stereocenters. The number of benzene rings is 1. The fourth-order valence-electron chi connectivity index (χ4n) is 1.35. The molecule has 1 aromatic carbocycles. The van der Waals surface area contributed by atoms with Crippen molar-refractivity contribution >= 4 is 11.7 Å². The molecule has 16 heavy (non-hydrogen) atoms. The first kappa shape index (κ1) is 12.2. The normalized spacial score (nSPS) is 9.69. The Balaban J connectivity index is 2.66. The number of amides is 1. The number of likely N-dealkylation sites (N-methyl/N-ethyl adjacent to an activating group) is 1. The van der Waals surface area contributed by atoms with Crippen LogP contribution in [0.25, 0.3) is 0 Å². The van der Waals surface area contributed by atoms with E-state index in [0.717, 1.165) is 11.3 Å². The Hall–Kier alpha value is -1.84. The molecule has 1 amide bonds. The molecule has 86 valence electrons. The number of hydrogen-bond donors (Lipinski definition) is 0. The Kier molecular flexibility index (Phi) is 4.05. The maximum absolute atomic E-state index is 11.3. The van der Waals surface area contributed by atoms with Crippen molar-refractivity contribution in [2.75, 3.05) is 14.2 Å². The van der Waals surface area contributed by atoms with E-state index >= 15 is 0 Å². The summed E-state index contributed by atoms with van der Waals surface area (Å²) in [5, 5.41) is 0. The molecule has 0 saturated carbocycles. The summed E-state index contributed by atoms with van der Waals surface area (Å²) in [6.07, 6.45) is 0. The van der Waals surface area contributed by atoms with Gasteiger partial charge in [-0.05, 0) is 17.7 Å². The molecule has 1 aromatic rings. The molecule has 0 aliphatic carbocycles. The third-order valence-electron chi connectivity index (χ3n) is 2.23. The summed E-state index contributed by atoms with van der Waals surface area (Å²) < 4.78 is 5.03. The Bertz CT molecular complexity index is 384. The lowest BCUT2D eigenvalue weighted by atomic mass is 10.2. The van der Waals surface area contributed by atoms with Gasteiger partial charge < -0.3 is 9.64 Å². The minimum absolute atomic E-state index is 0.419. The van der Waals surface area contributed by atoms with E-state index in [2.05, 4.69) is 0 Å². The van der Waals surface area contributed by atoms with E-state index in [1.165, 1.54) is 11.8 Å². The molecular formula is C12H15NO3. The molecule has 4 nitrogen and oxygen atoms in total. The van der Waals surface area contributed by atoms with Gasteiger partial charge in [-0.25, -0.2) is 0 Å². The van der Waals surface area contributed by atoms with Crippen molar-refractivity contribution < 1.29 is 14.3 Å². The van der Waals surface area contributed by atoms with Crippen LogP contribution in [0.2, 0.25) is 0 Å². The summed E-state index contributed by atoms with van der Waals surface area (Å²) in [5.74, 6) is -0.156. The predicted octanol–water partition coefficient (Wildman–Crippen LogP) is 1.24. The van der Waals surface area contributed by atoms with Gasteiger partial charge in [-0.15, -0.1) is 0 Å². The van der Waals surface area contributed by atoms with Crippen LogP contribution in [0.4, 0.5) is 0 Å². The van der Waals surface area contributed by atoms with E-state index in [1.807, 2.05) is 24.3 Å². The van der Waals surface area contributed by atoms with Gasteiger partial charge in [0.2, 0.25) is 5.78 Å². The molecule has 0 saturated heterocycles. The minimum Gasteiger partial charge on any atom is -0.497 e. The Morgan fingerprint density at radius 3 is 2.25 bits per heavy atom. The molecule has 0 aliphatic heterocycles. The average Bonchev–Trinajstić information content (AvgIpc) is 2.28. The molecule has 0 spiro atoms. The molecule has 0 fully saturated rings. The van der Waals surface area contributed by atoms with Gasteiger partial charge in [-0.1, -0.05) is 12.1 Å². The summed E-state index contributed by atoms with van der Waals surface area (Å²) in [7, 11) is 3.20. The summed E-state index contributed by atoms with van der Waals surface area (Å²) in [5.41, 5.74) is 0.956. The molecule has 0 heterocycles. The first-order valence-corrected chi connectivity index (χ1v) is 4.93. The van der Waals surface area contributed by atoms with E-state index in [0.29, 0.717) is 6.54 Å². The van der Waals surface area contributed by atoms with Crippen LogP contribution in [-0.4, -0.2) is 30.7 Å². The van der Waals surface area contributed by atoms with E-state index in [1.54, 1.807) is 14.2 Å². The van der Waals surface area contributed by atoms with Gasteiger partial charge >= 0.3 is 0 Å². The number of rotatable bonds is 4. The number of nitrogens with zero attached hydrogens (tertiary/aromatic N) is 1. The lowest BCUT2D eigenvalue weighted by molar-refractivity contribution is -0.143. The topological polar surface area (TPSA) is 46.6 Å². The van der Waals surface area contributed by atoms with Crippen molar-refractivity contribution in [1.82, 2.24) is 4.90 Å². The highest BCUT2D eigenvalue weighted by molar-refractivity contribution is 6.34. The molecule has 0 aliphatic rings. The molecule has 1 rings (SSSR count). The van der Waals surface area contributed by atoms with Crippen molar-refractivity contribution in [2.45, 2.75) is 13.5 Å². The molecular weight excluding hydrogens is 206 g/mol. The van der Waals surface area contributed by atoms with Gasteiger partial charge in [-0.3, -0.25) is 9.59 Å². The lowest BCUT2D eigenvalue weighted by Gasteiger charge is -2.15. The largest absolute Gasteiger partial charge is 0.497 e. The summed E-state index contributed by atoms with van der Waals surface area (Å²) in [4.78, 5) is 23.6. The van der Waals surface area contributed by atoms with E-state index in [-0.39, 0.29) is 0 Å². The zero-order valence-corrected chi connectivity index (χ0v) is 9.69. The van der Waals surface area contributed by atoms with Crippen LogP contribution in [0.3, 0.4) is 0 Å². The Morgan fingerprint density at radius 1 is 1.25 bits per heavy atom. The number of carbonyl (C=O) groups is 2. The van der Waals surface area contributed by atoms with Gasteiger partial charge in [0.25, 0.3) is 5.91 Å². The van der Waals surface area contributed by atoms with Gasteiger partial charge in [0.1, 0.15) is 5.75 Å². The van der Waals surface area contributed by atoms with Gasteiger partial charge in [0.05, 0.1) is 7.11 Å². The maximum Gasteiger partial charge on any atom is 0.289 e. The first-order valence-electron chi connectivity index (χ1n) is 4.93. The van der Waals surface area contributed by atoms with Crippen LogP contribution >= 0.6 is 0 Å². The maximum atomic E-state index is 11.3. The van der Waals surface area contributed by atoms with E-state index < -0.39 is 11.7 Å². The van der Waals surface area contributed by atoms with Crippen molar-refractivity contribution in [3.05, 3.63) is 29.8 Å². The van der Waals surface area contributed by atoms with Crippen LogP contribution < -0.4 is 4.74 Å². The molecule has 0 aromatic heterocycles. The fraction of sp³-hybridized carbons (Fsp3) is 0.333.